The van der Waals surface area contributed by atoms with Gasteiger partial charge in [-0.2, -0.15) is 0 Å². The van der Waals surface area contributed by atoms with Crippen LogP contribution in [0, 0.1) is 5.92 Å². The van der Waals surface area contributed by atoms with Gasteiger partial charge in [-0.25, -0.2) is 0 Å². The molecule has 8 heteroatoms. The Bertz CT molecular complexity index is 1460. The van der Waals surface area contributed by atoms with Gasteiger partial charge in [-0.05, 0) is 42.0 Å². The molecule has 36 heavy (non-hydrogen) atoms. The third-order valence-corrected chi connectivity index (χ3v) is 9.32. The van der Waals surface area contributed by atoms with Gasteiger partial charge in [0, 0.05) is 40.2 Å². The summed E-state index contributed by atoms with van der Waals surface area (Å²) in [6.07, 6.45) is 0. The van der Waals surface area contributed by atoms with E-state index in [2.05, 4.69) is 15.5 Å². The molecule has 7 nitrogen and oxygen atoms in total. The van der Waals surface area contributed by atoms with E-state index in [1.807, 2.05) is 48.5 Å². The van der Waals surface area contributed by atoms with E-state index in [1.165, 1.54) is 0 Å². The van der Waals surface area contributed by atoms with E-state index in [0.717, 1.165) is 5.56 Å². The van der Waals surface area contributed by atoms with Crippen molar-refractivity contribution in [3.8, 4) is 5.75 Å². The SMILES string of the molecule is COc1ccc(C(=O)[C@@H]2[C@H]3CSCN3[C@]3(C(=O)Nc4ccccc43)[C@@]23C(=O)Nc2ccccc23)cc1. The second-order valence-corrected chi connectivity index (χ2v) is 10.6. The number of fused-ring (bicyclic) bond motifs is 7. The summed E-state index contributed by atoms with van der Waals surface area (Å²) >= 11 is 1.69. The minimum atomic E-state index is -1.43. The van der Waals surface area contributed by atoms with Crippen LogP contribution in [0.5, 0.6) is 5.75 Å². The van der Waals surface area contributed by atoms with Crippen molar-refractivity contribution < 1.29 is 19.1 Å². The first-order valence-corrected chi connectivity index (χ1v) is 13.0. The molecule has 0 radical (unpaired) electrons. The molecule has 0 aromatic heterocycles. The number of Topliss-reactive ketones (excluding diaryl/α,β-unsaturated/α-hetero) is 1. The van der Waals surface area contributed by atoms with Crippen LogP contribution >= 0.6 is 11.8 Å². The number of carbonyl (C=O) groups is 3. The van der Waals surface area contributed by atoms with Gasteiger partial charge in [0.1, 0.15) is 16.7 Å². The van der Waals surface area contributed by atoms with E-state index in [1.54, 1.807) is 43.1 Å². The fourth-order valence-corrected chi connectivity index (χ4v) is 8.29. The smallest absolute Gasteiger partial charge is 0.251 e. The number of ketones is 1. The molecule has 180 valence electrons. The highest BCUT2D eigenvalue weighted by molar-refractivity contribution is 7.99. The number of hydrogen-bond acceptors (Lipinski definition) is 6. The number of methoxy groups -OCH3 is 1. The molecular weight excluding hydrogens is 474 g/mol. The lowest BCUT2D eigenvalue weighted by Gasteiger charge is -2.43. The number of amides is 2. The molecule has 4 atom stereocenters. The van der Waals surface area contributed by atoms with Gasteiger partial charge in [-0.1, -0.05) is 36.4 Å². The van der Waals surface area contributed by atoms with Crippen molar-refractivity contribution in [2.24, 2.45) is 5.92 Å². The van der Waals surface area contributed by atoms with E-state index < -0.39 is 16.9 Å². The maximum absolute atomic E-state index is 14.5. The lowest BCUT2D eigenvalue weighted by atomic mass is 9.57. The Labute approximate surface area is 212 Å². The molecule has 4 aliphatic rings. The van der Waals surface area contributed by atoms with Gasteiger partial charge in [0.2, 0.25) is 5.91 Å². The van der Waals surface area contributed by atoms with E-state index in [0.29, 0.717) is 39.9 Å². The Hall–Kier alpha value is -3.62. The molecule has 3 aromatic rings. The number of benzene rings is 3. The zero-order valence-electron chi connectivity index (χ0n) is 19.5. The maximum Gasteiger partial charge on any atom is 0.251 e. The highest BCUT2D eigenvalue weighted by Crippen LogP contribution is 2.67. The highest BCUT2D eigenvalue weighted by atomic mass is 32.2. The summed E-state index contributed by atoms with van der Waals surface area (Å²) in [5, 5.41) is 6.11. The van der Waals surface area contributed by atoms with Crippen molar-refractivity contribution in [2.45, 2.75) is 17.0 Å². The molecule has 7 rings (SSSR count). The van der Waals surface area contributed by atoms with E-state index in [9.17, 15) is 14.4 Å². The third kappa shape index (κ3) is 2.36. The first kappa shape index (κ1) is 21.6. The Morgan fingerprint density at radius 1 is 0.917 bits per heavy atom. The van der Waals surface area contributed by atoms with Crippen LogP contribution in [0.2, 0.25) is 0 Å². The predicted molar refractivity (Wildman–Crippen MR) is 137 cm³/mol. The summed E-state index contributed by atoms with van der Waals surface area (Å²) in [5.41, 5.74) is 0.516. The number of anilines is 2. The molecule has 4 aliphatic heterocycles. The molecule has 4 heterocycles. The van der Waals surface area contributed by atoms with Gasteiger partial charge in [0.25, 0.3) is 5.91 Å². The summed E-state index contributed by atoms with van der Waals surface area (Å²) < 4.78 is 5.29. The quantitative estimate of drug-likeness (QED) is 0.538. The number of para-hydroxylation sites is 2. The molecule has 0 unspecified atom stereocenters. The predicted octanol–water partition coefficient (Wildman–Crippen LogP) is 3.62. The van der Waals surface area contributed by atoms with Crippen molar-refractivity contribution >= 4 is 40.7 Å². The van der Waals surface area contributed by atoms with Crippen LogP contribution in [-0.4, -0.2) is 47.3 Å². The van der Waals surface area contributed by atoms with Gasteiger partial charge in [0.15, 0.2) is 5.78 Å². The number of rotatable bonds is 3. The molecule has 2 fully saturated rings. The molecule has 3 aromatic carbocycles. The minimum Gasteiger partial charge on any atom is -0.497 e. The highest BCUT2D eigenvalue weighted by Gasteiger charge is 2.81. The van der Waals surface area contributed by atoms with Gasteiger partial charge in [-0.15, -0.1) is 11.8 Å². The lowest BCUT2D eigenvalue weighted by molar-refractivity contribution is -0.137. The van der Waals surface area contributed by atoms with Gasteiger partial charge in [0.05, 0.1) is 13.0 Å². The Morgan fingerprint density at radius 2 is 1.56 bits per heavy atom. The maximum atomic E-state index is 14.5. The number of thioether (sulfide) groups is 1. The molecule has 2 amide bonds. The second kappa shape index (κ2) is 7.44. The van der Waals surface area contributed by atoms with E-state index >= 15 is 0 Å². The van der Waals surface area contributed by atoms with Crippen molar-refractivity contribution in [3.05, 3.63) is 89.5 Å². The van der Waals surface area contributed by atoms with Crippen molar-refractivity contribution in [2.75, 3.05) is 29.4 Å². The first-order chi connectivity index (χ1) is 17.5. The monoisotopic (exact) mass is 497 g/mol. The van der Waals surface area contributed by atoms with Gasteiger partial charge >= 0.3 is 0 Å². The minimum absolute atomic E-state index is 0.143. The topological polar surface area (TPSA) is 87.7 Å². The van der Waals surface area contributed by atoms with E-state index in [4.69, 9.17) is 4.74 Å². The van der Waals surface area contributed by atoms with Crippen LogP contribution < -0.4 is 15.4 Å². The average molecular weight is 498 g/mol. The summed E-state index contributed by atoms with van der Waals surface area (Å²) in [6, 6.07) is 21.7. The summed E-state index contributed by atoms with van der Waals surface area (Å²) in [4.78, 5) is 45.2. The Kier molecular flexibility index (Phi) is 4.48. The Morgan fingerprint density at radius 3 is 2.28 bits per heavy atom. The van der Waals surface area contributed by atoms with Crippen molar-refractivity contribution in [3.63, 3.8) is 0 Å². The summed E-state index contributed by atoms with van der Waals surface area (Å²) in [7, 11) is 1.58. The average Bonchev–Trinajstić information content (AvgIpc) is 3.62. The normalized spacial score (nSPS) is 29.7. The molecule has 0 bridgehead atoms. The van der Waals surface area contributed by atoms with Crippen LogP contribution in [0.25, 0.3) is 0 Å². The largest absolute Gasteiger partial charge is 0.497 e. The van der Waals surface area contributed by atoms with Crippen LogP contribution in [0.1, 0.15) is 21.5 Å². The summed E-state index contributed by atoms with van der Waals surface area (Å²) in [6.45, 7) is 0. The molecular formula is C28H23N3O4S. The van der Waals surface area contributed by atoms with Crippen LogP contribution in [0.4, 0.5) is 11.4 Å². The number of ether oxygens (including phenoxy) is 1. The van der Waals surface area contributed by atoms with Crippen molar-refractivity contribution in [1.29, 1.82) is 0 Å². The number of nitrogens with zero attached hydrogens (tertiary/aromatic N) is 1. The molecule has 0 aliphatic carbocycles. The van der Waals surface area contributed by atoms with Crippen molar-refractivity contribution in [1.82, 2.24) is 4.90 Å². The van der Waals surface area contributed by atoms with Gasteiger partial charge < -0.3 is 15.4 Å². The number of nitrogens with one attached hydrogen (secondary N) is 2. The molecule has 2 N–H and O–H groups in total. The fraction of sp³-hybridized carbons (Fsp3) is 0.250. The first-order valence-electron chi connectivity index (χ1n) is 11.9. The molecule has 2 spiro atoms. The second-order valence-electron chi connectivity index (χ2n) is 9.63. The Balaban J connectivity index is 1.56. The lowest BCUT2D eigenvalue weighted by Crippen LogP contribution is -2.62. The number of hydrogen-bond donors (Lipinski definition) is 2. The van der Waals surface area contributed by atoms with Crippen LogP contribution in [0.3, 0.4) is 0 Å². The zero-order chi connectivity index (χ0) is 24.7. The molecule has 0 saturated carbocycles. The standard InChI is InChI=1S/C28H23N3O4S/c1-35-17-12-10-16(11-13-17)24(32)23-22-14-36-15-31(22)28(19-7-3-5-9-21(19)30-26(28)34)27(23)18-6-2-4-8-20(18)29-25(27)33/h2-13,22-23H,14-15H2,1H3,(H,29,33)(H,30,34)/t22-,23+,27-,28-/m1/s1. The molecule has 2 saturated heterocycles. The van der Waals surface area contributed by atoms with Crippen LogP contribution in [-0.2, 0) is 20.5 Å². The number of carbonyl (C=O) groups excluding carboxylic acids is 3. The third-order valence-electron chi connectivity index (χ3n) is 8.28. The summed E-state index contributed by atoms with van der Waals surface area (Å²) in [5.74, 6) is 0.388. The van der Waals surface area contributed by atoms with Crippen LogP contribution in [0.15, 0.2) is 72.8 Å². The van der Waals surface area contributed by atoms with Gasteiger partial charge in [-0.3, -0.25) is 19.3 Å². The van der Waals surface area contributed by atoms with E-state index in [-0.39, 0.29) is 23.6 Å². The zero-order valence-corrected chi connectivity index (χ0v) is 20.3. The fourth-order valence-electron chi connectivity index (χ4n) is 6.99.